The third-order valence-corrected chi connectivity index (χ3v) is 7.80. The molecule has 0 amide bonds. The summed E-state index contributed by atoms with van der Waals surface area (Å²) in [4.78, 5) is 14.6. The second-order valence-electron chi connectivity index (χ2n) is 7.09. The highest BCUT2D eigenvalue weighted by Gasteiger charge is 2.21. The maximum Gasteiger partial charge on any atom is 0.308 e. The molecule has 0 unspecified atom stereocenters. The zero-order valence-corrected chi connectivity index (χ0v) is 17.7. The minimum atomic E-state index is -3.56. The molecular formula is C19H29N3O3S2. The highest BCUT2D eigenvalue weighted by molar-refractivity contribution is 7.89. The van der Waals surface area contributed by atoms with E-state index in [0.717, 1.165) is 42.8 Å². The molecular weight excluding hydrogens is 382 g/mol. The number of aromatic nitrogens is 1. The van der Waals surface area contributed by atoms with Gasteiger partial charge in [-0.2, -0.15) is 0 Å². The van der Waals surface area contributed by atoms with Gasteiger partial charge in [-0.3, -0.25) is 9.36 Å². The highest BCUT2D eigenvalue weighted by Crippen LogP contribution is 2.22. The van der Waals surface area contributed by atoms with Crippen LogP contribution >= 0.6 is 11.3 Å². The Hall–Kier alpha value is -1.22. The first kappa shape index (κ1) is 20.5. The first-order chi connectivity index (χ1) is 13.0. The molecule has 1 aromatic carbocycles. The van der Waals surface area contributed by atoms with E-state index in [1.165, 1.54) is 19.3 Å². The van der Waals surface area contributed by atoms with E-state index in [2.05, 4.69) is 16.5 Å². The number of hydrogen-bond donors (Lipinski definition) is 1. The van der Waals surface area contributed by atoms with E-state index in [1.54, 1.807) is 22.8 Å². The standard InChI is InChI=1S/C19H29N3O3S2/c1-3-15-8-5-6-12-21(15)13-7-11-20-27(24,25)16-9-10-17-18(14-16)26-19(23)22(17)4-2/h9-10,14-15,20H,3-8,11-13H2,1-2H3/t15-/m0/s1. The van der Waals surface area contributed by atoms with Gasteiger partial charge < -0.3 is 4.90 Å². The molecule has 1 aromatic heterocycles. The van der Waals surface area contributed by atoms with Crippen LogP contribution < -0.4 is 9.60 Å². The van der Waals surface area contributed by atoms with Crippen LogP contribution in [0.25, 0.3) is 10.2 Å². The van der Waals surface area contributed by atoms with Gasteiger partial charge in [0.25, 0.3) is 0 Å². The van der Waals surface area contributed by atoms with Gasteiger partial charge in [-0.25, -0.2) is 13.1 Å². The van der Waals surface area contributed by atoms with Crippen molar-refractivity contribution in [3.63, 3.8) is 0 Å². The highest BCUT2D eigenvalue weighted by atomic mass is 32.2. The van der Waals surface area contributed by atoms with Crippen LogP contribution in [0, 0.1) is 0 Å². The fourth-order valence-electron chi connectivity index (χ4n) is 3.90. The van der Waals surface area contributed by atoms with E-state index < -0.39 is 10.0 Å². The zero-order valence-electron chi connectivity index (χ0n) is 16.1. The number of hydrogen-bond acceptors (Lipinski definition) is 5. The number of rotatable bonds is 8. The summed E-state index contributed by atoms with van der Waals surface area (Å²) in [5.74, 6) is 0. The van der Waals surface area contributed by atoms with Crippen molar-refractivity contribution in [3.8, 4) is 0 Å². The fourth-order valence-corrected chi connectivity index (χ4v) is 6.07. The van der Waals surface area contributed by atoms with Gasteiger partial charge in [0.05, 0.1) is 15.1 Å². The Labute approximate surface area is 165 Å². The predicted molar refractivity (Wildman–Crippen MR) is 111 cm³/mol. The lowest BCUT2D eigenvalue weighted by atomic mass is 10.00. The van der Waals surface area contributed by atoms with Crippen molar-refractivity contribution in [2.75, 3.05) is 19.6 Å². The smallest absolute Gasteiger partial charge is 0.300 e. The second-order valence-corrected chi connectivity index (χ2v) is 9.85. The molecule has 1 N–H and O–H groups in total. The number of fused-ring (bicyclic) bond motifs is 1. The molecule has 0 bridgehead atoms. The van der Waals surface area contributed by atoms with Crippen molar-refractivity contribution in [2.24, 2.45) is 0 Å². The van der Waals surface area contributed by atoms with Crippen molar-refractivity contribution in [1.82, 2.24) is 14.2 Å². The van der Waals surface area contributed by atoms with E-state index >= 15 is 0 Å². The van der Waals surface area contributed by atoms with Gasteiger partial charge in [0.2, 0.25) is 10.0 Å². The molecule has 3 rings (SSSR count). The molecule has 0 aliphatic carbocycles. The van der Waals surface area contributed by atoms with Gasteiger partial charge in [-0.15, -0.1) is 0 Å². The number of nitrogens with one attached hydrogen (secondary N) is 1. The van der Waals surface area contributed by atoms with E-state index in [0.29, 0.717) is 23.8 Å². The zero-order chi connectivity index (χ0) is 19.4. The molecule has 1 atom stereocenters. The Bertz CT molecular complexity index is 933. The van der Waals surface area contributed by atoms with Crippen LogP contribution in [0.3, 0.4) is 0 Å². The number of piperidine rings is 1. The minimum absolute atomic E-state index is 0.0537. The largest absolute Gasteiger partial charge is 0.308 e. The first-order valence-corrected chi connectivity index (χ1v) is 12.1. The molecule has 0 saturated carbocycles. The summed E-state index contributed by atoms with van der Waals surface area (Å²) in [5, 5.41) is 0. The molecule has 0 spiro atoms. The lowest BCUT2D eigenvalue weighted by Crippen LogP contribution is -2.40. The van der Waals surface area contributed by atoms with Gasteiger partial charge in [-0.05, 0) is 63.9 Å². The number of thiazole rings is 1. The van der Waals surface area contributed by atoms with Gasteiger partial charge in [0, 0.05) is 19.1 Å². The molecule has 2 heterocycles. The molecule has 6 nitrogen and oxygen atoms in total. The summed E-state index contributed by atoms with van der Waals surface area (Å²) < 4.78 is 30.3. The number of sulfonamides is 1. The predicted octanol–water partition coefficient (Wildman–Crippen LogP) is 3.02. The summed E-state index contributed by atoms with van der Waals surface area (Å²) in [6, 6.07) is 5.56. The van der Waals surface area contributed by atoms with E-state index in [-0.39, 0.29) is 9.77 Å². The second kappa shape index (κ2) is 8.86. The van der Waals surface area contributed by atoms with Gasteiger partial charge >= 0.3 is 4.87 Å². The third kappa shape index (κ3) is 4.62. The van der Waals surface area contributed by atoms with Crippen LogP contribution in [0.5, 0.6) is 0 Å². The van der Waals surface area contributed by atoms with Crippen LogP contribution in [0.4, 0.5) is 0 Å². The number of nitrogens with zero attached hydrogens (tertiary/aromatic N) is 2. The molecule has 2 aromatic rings. The van der Waals surface area contributed by atoms with Crippen molar-refractivity contribution in [1.29, 1.82) is 0 Å². The van der Waals surface area contributed by atoms with Crippen LogP contribution in [0.15, 0.2) is 27.9 Å². The number of aryl methyl sites for hydroxylation is 1. The van der Waals surface area contributed by atoms with Gasteiger partial charge in [0.15, 0.2) is 0 Å². The van der Waals surface area contributed by atoms with E-state index in [9.17, 15) is 13.2 Å². The maximum atomic E-state index is 12.6. The first-order valence-electron chi connectivity index (χ1n) is 9.83. The molecule has 8 heteroatoms. The molecule has 1 saturated heterocycles. The average molecular weight is 412 g/mol. The molecule has 1 aliphatic rings. The van der Waals surface area contributed by atoms with Crippen LogP contribution in [0.1, 0.15) is 46.0 Å². The van der Waals surface area contributed by atoms with Crippen molar-refractivity contribution >= 4 is 31.6 Å². The SMILES string of the molecule is CC[C@H]1CCCCN1CCCNS(=O)(=O)c1ccc2c(c1)sc(=O)n2CC. The molecule has 150 valence electrons. The normalized spacial score (nSPS) is 19.0. The van der Waals surface area contributed by atoms with Gasteiger partial charge in [0.1, 0.15) is 0 Å². The van der Waals surface area contributed by atoms with Crippen LogP contribution in [-0.4, -0.2) is 43.6 Å². The summed E-state index contributed by atoms with van der Waals surface area (Å²) in [5.41, 5.74) is 0.794. The Kier molecular flexibility index (Phi) is 6.73. The number of benzene rings is 1. The molecule has 1 fully saturated rings. The lowest BCUT2D eigenvalue weighted by molar-refractivity contribution is 0.143. The number of likely N-dealkylation sites (tertiary alicyclic amines) is 1. The third-order valence-electron chi connectivity index (χ3n) is 5.40. The Morgan fingerprint density at radius 1 is 1.26 bits per heavy atom. The molecule has 1 aliphatic heterocycles. The Morgan fingerprint density at radius 2 is 2.07 bits per heavy atom. The molecule has 27 heavy (non-hydrogen) atoms. The van der Waals surface area contributed by atoms with Crippen LogP contribution in [-0.2, 0) is 16.6 Å². The Morgan fingerprint density at radius 3 is 2.81 bits per heavy atom. The average Bonchev–Trinajstić information content (AvgIpc) is 2.99. The maximum absolute atomic E-state index is 12.6. The minimum Gasteiger partial charge on any atom is -0.300 e. The van der Waals surface area contributed by atoms with Crippen molar-refractivity contribution < 1.29 is 8.42 Å². The summed E-state index contributed by atoms with van der Waals surface area (Å²) in [6.07, 6.45) is 5.75. The van der Waals surface area contributed by atoms with Crippen molar-refractivity contribution in [3.05, 3.63) is 27.9 Å². The van der Waals surface area contributed by atoms with Crippen LogP contribution in [0.2, 0.25) is 0 Å². The molecule has 0 radical (unpaired) electrons. The summed E-state index contributed by atoms with van der Waals surface area (Å²) in [7, 11) is -3.56. The Balaban J connectivity index is 1.61. The monoisotopic (exact) mass is 411 g/mol. The quantitative estimate of drug-likeness (QED) is 0.678. The topological polar surface area (TPSA) is 71.4 Å². The van der Waals surface area contributed by atoms with E-state index in [4.69, 9.17) is 0 Å². The summed E-state index contributed by atoms with van der Waals surface area (Å²) in [6.45, 7) is 7.20. The van der Waals surface area contributed by atoms with E-state index in [1.807, 2.05) is 6.92 Å². The van der Waals surface area contributed by atoms with Crippen molar-refractivity contribution in [2.45, 2.75) is 63.4 Å². The van der Waals surface area contributed by atoms with Gasteiger partial charge in [-0.1, -0.05) is 24.7 Å². The fraction of sp³-hybridized carbons (Fsp3) is 0.632. The lowest BCUT2D eigenvalue weighted by Gasteiger charge is -2.35. The summed E-state index contributed by atoms with van der Waals surface area (Å²) >= 11 is 1.09.